The summed E-state index contributed by atoms with van der Waals surface area (Å²) in [6.45, 7) is 1.26. The van der Waals surface area contributed by atoms with Crippen LogP contribution in [0, 0.1) is 11.3 Å². The molecule has 0 spiro atoms. The van der Waals surface area contributed by atoms with Crippen LogP contribution >= 0.6 is 0 Å². The summed E-state index contributed by atoms with van der Waals surface area (Å²) in [6.07, 6.45) is 1.34. The van der Waals surface area contributed by atoms with Gasteiger partial charge in [0, 0.05) is 24.2 Å². The Morgan fingerprint density at radius 1 is 1.12 bits per heavy atom. The first-order valence-corrected chi connectivity index (χ1v) is 11.5. The number of nitriles is 1. The van der Waals surface area contributed by atoms with Gasteiger partial charge >= 0.3 is 0 Å². The first-order chi connectivity index (χ1) is 16.0. The van der Waals surface area contributed by atoms with E-state index in [-0.39, 0.29) is 35.2 Å². The fraction of sp³-hybridized carbons (Fsp3) is 0.182. The molecule has 2 N–H and O–H groups in total. The Morgan fingerprint density at radius 2 is 1.82 bits per heavy atom. The Morgan fingerprint density at radius 3 is 2.55 bits per heavy atom. The molecule has 3 aromatic rings. The van der Waals surface area contributed by atoms with Gasteiger partial charge in [-0.05, 0) is 6.07 Å². The van der Waals surface area contributed by atoms with Crippen molar-refractivity contribution in [3.63, 3.8) is 0 Å². The highest BCUT2D eigenvalue weighted by Crippen LogP contribution is 2.21. The van der Waals surface area contributed by atoms with Crippen molar-refractivity contribution in [1.29, 1.82) is 5.26 Å². The molecule has 33 heavy (non-hydrogen) atoms. The quantitative estimate of drug-likeness (QED) is 0.418. The number of sulfonamides is 1. The molecule has 4 rings (SSSR count). The van der Waals surface area contributed by atoms with E-state index in [0.29, 0.717) is 24.3 Å². The maximum Gasteiger partial charge on any atom is 0.270 e. The summed E-state index contributed by atoms with van der Waals surface area (Å²) in [4.78, 5) is 19.2. The largest absolute Gasteiger partial charge is 0.379 e. The van der Waals surface area contributed by atoms with E-state index >= 15 is 0 Å². The first kappa shape index (κ1) is 22.3. The minimum absolute atomic E-state index is 0.0163. The van der Waals surface area contributed by atoms with E-state index in [1.165, 1.54) is 16.6 Å². The predicted molar refractivity (Wildman–Crippen MR) is 122 cm³/mol. The van der Waals surface area contributed by atoms with Crippen LogP contribution in [0.4, 0.5) is 5.95 Å². The Bertz CT molecular complexity index is 1370. The van der Waals surface area contributed by atoms with Crippen LogP contribution in [-0.4, -0.2) is 55.2 Å². The van der Waals surface area contributed by atoms with Gasteiger partial charge in [0.15, 0.2) is 0 Å². The molecule has 1 aliphatic heterocycles. The Labute approximate surface area is 190 Å². The molecule has 1 fully saturated rings. The summed E-state index contributed by atoms with van der Waals surface area (Å²) in [5.41, 5.74) is 3.09. The lowest BCUT2D eigenvalue weighted by atomic mass is 10.1. The molecule has 0 atom stereocenters. The number of hydrogen-bond acceptors (Lipinski definition) is 8. The number of benzene rings is 2. The van der Waals surface area contributed by atoms with Crippen molar-refractivity contribution in [2.45, 2.75) is 4.90 Å². The standard InChI is InChI=1S/C22H20N6O4S/c23-14-18-20(16-6-2-1-3-7-16)25-22(26-21(18)29)27-24-15-17-8-4-5-9-19(17)33(30,31)28-10-12-32-13-11-28/h1-9,15H,10-13H2,(H2,25,26,27,29). The second-order valence-electron chi connectivity index (χ2n) is 7.04. The van der Waals surface area contributed by atoms with Crippen molar-refractivity contribution < 1.29 is 13.2 Å². The summed E-state index contributed by atoms with van der Waals surface area (Å²) in [7, 11) is -3.72. The van der Waals surface area contributed by atoms with E-state index in [0.717, 1.165) is 0 Å². The summed E-state index contributed by atoms with van der Waals surface area (Å²) < 4.78 is 32.7. The average molecular weight is 465 g/mol. The molecule has 0 radical (unpaired) electrons. The van der Waals surface area contributed by atoms with Crippen molar-refractivity contribution in [1.82, 2.24) is 14.3 Å². The van der Waals surface area contributed by atoms with E-state index in [1.54, 1.807) is 42.5 Å². The molecular formula is C22H20N6O4S. The van der Waals surface area contributed by atoms with Crippen LogP contribution in [0.25, 0.3) is 11.3 Å². The third kappa shape index (κ3) is 4.83. The van der Waals surface area contributed by atoms with Crippen LogP contribution in [-0.2, 0) is 14.8 Å². The van der Waals surface area contributed by atoms with Gasteiger partial charge in [-0.15, -0.1) is 0 Å². The third-order valence-corrected chi connectivity index (χ3v) is 6.93. The van der Waals surface area contributed by atoms with Crippen molar-refractivity contribution in [3.8, 4) is 17.3 Å². The number of H-pyrrole nitrogens is 1. The monoisotopic (exact) mass is 464 g/mol. The second-order valence-corrected chi connectivity index (χ2v) is 8.95. The number of ether oxygens (including phenoxy) is 1. The Balaban J connectivity index is 1.62. The van der Waals surface area contributed by atoms with Gasteiger partial charge in [-0.25, -0.2) is 18.8 Å². The normalized spacial score (nSPS) is 14.8. The lowest BCUT2D eigenvalue weighted by Crippen LogP contribution is -2.40. The fourth-order valence-electron chi connectivity index (χ4n) is 3.35. The van der Waals surface area contributed by atoms with Gasteiger partial charge in [-0.1, -0.05) is 48.5 Å². The summed E-state index contributed by atoms with van der Waals surface area (Å²) in [5.74, 6) is 0.0163. The molecule has 1 aromatic heterocycles. The minimum atomic E-state index is -3.72. The van der Waals surface area contributed by atoms with Gasteiger partial charge < -0.3 is 4.74 Å². The smallest absolute Gasteiger partial charge is 0.270 e. The van der Waals surface area contributed by atoms with E-state index in [1.807, 2.05) is 12.1 Å². The zero-order chi connectivity index (χ0) is 23.3. The molecule has 0 saturated carbocycles. The molecule has 2 aromatic carbocycles. The number of rotatable bonds is 6. The number of aromatic nitrogens is 2. The van der Waals surface area contributed by atoms with Crippen LogP contribution in [0.5, 0.6) is 0 Å². The molecule has 10 nitrogen and oxygen atoms in total. The molecule has 11 heteroatoms. The van der Waals surface area contributed by atoms with Gasteiger partial charge in [0.05, 0.1) is 30.0 Å². The van der Waals surface area contributed by atoms with Crippen molar-refractivity contribution in [2.24, 2.45) is 5.10 Å². The average Bonchev–Trinajstić information content (AvgIpc) is 2.85. The van der Waals surface area contributed by atoms with Gasteiger partial charge in [0.1, 0.15) is 11.6 Å². The molecule has 0 aliphatic carbocycles. The SMILES string of the molecule is N#Cc1c(-c2ccccc2)nc(NN=Cc2ccccc2S(=O)(=O)N2CCOCC2)[nH]c1=O. The molecule has 0 bridgehead atoms. The van der Waals surface area contributed by atoms with Crippen LogP contribution in [0.2, 0.25) is 0 Å². The number of hydrazone groups is 1. The zero-order valence-corrected chi connectivity index (χ0v) is 18.2. The van der Waals surface area contributed by atoms with E-state index in [2.05, 4.69) is 20.5 Å². The van der Waals surface area contributed by atoms with E-state index < -0.39 is 15.6 Å². The number of morpholine rings is 1. The molecule has 1 saturated heterocycles. The third-order valence-electron chi connectivity index (χ3n) is 4.96. The van der Waals surface area contributed by atoms with E-state index in [4.69, 9.17) is 4.74 Å². The number of aromatic amines is 1. The Kier molecular flexibility index (Phi) is 6.60. The predicted octanol–water partition coefficient (Wildman–Crippen LogP) is 1.78. The maximum atomic E-state index is 13.1. The topological polar surface area (TPSA) is 141 Å². The second kappa shape index (κ2) is 9.74. The van der Waals surface area contributed by atoms with E-state index in [9.17, 15) is 18.5 Å². The Hall–Kier alpha value is -3.85. The van der Waals surface area contributed by atoms with Gasteiger partial charge in [0.2, 0.25) is 16.0 Å². The highest BCUT2D eigenvalue weighted by atomic mass is 32.2. The van der Waals surface area contributed by atoms with Crippen molar-refractivity contribution >= 4 is 22.2 Å². The van der Waals surface area contributed by atoms with Gasteiger partial charge in [0.25, 0.3) is 5.56 Å². The highest BCUT2D eigenvalue weighted by Gasteiger charge is 2.27. The maximum absolute atomic E-state index is 13.1. The number of anilines is 1. The zero-order valence-electron chi connectivity index (χ0n) is 17.4. The van der Waals surface area contributed by atoms with Crippen LogP contribution in [0.3, 0.4) is 0 Å². The first-order valence-electron chi connectivity index (χ1n) is 10.1. The minimum Gasteiger partial charge on any atom is -0.379 e. The molecule has 0 amide bonds. The summed E-state index contributed by atoms with van der Waals surface area (Å²) in [5, 5.41) is 13.4. The van der Waals surface area contributed by atoms with Gasteiger partial charge in [-0.2, -0.15) is 14.7 Å². The summed E-state index contributed by atoms with van der Waals surface area (Å²) >= 11 is 0. The molecule has 0 unspecified atom stereocenters. The number of nitrogens with one attached hydrogen (secondary N) is 2. The molecule has 1 aliphatic rings. The fourth-order valence-corrected chi connectivity index (χ4v) is 4.92. The summed E-state index contributed by atoms with van der Waals surface area (Å²) in [6, 6.07) is 17.2. The van der Waals surface area contributed by atoms with Crippen LogP contribution in [0.1, 0.15) is 11.1 Å². The van der Waals surface area contributed by atoms with Crippen LogP contribution in [0.15, 0.2) is 69.4 Å². The molecule has 2 heterocycles. The van der Waals surface area contributed by atoms with Crippen LogP contribution < -0.4 is 11.0 Å². The lowest BCUT2D eigenvalue weighted by molar-refractivity contribution is 0.0730. The number of hydrogen-bond donors (Lipinski definition) is 2. The lowest BCUT2D eigenvalue weighted by Gasteiger charge is -2.26. The number of nitrogens with zero attached hydrogens (tertiary/aromatic N) is 4. The molecular weight excluding hydrogens is 444 g/mol. The van der Waals surface area contributed by atoms with Gasteiger partial charge in [-0.3, -0.25) is 9.78 Å². The molecule has 168 valence electrons. The highest BCUT2D eigenvalue weighted by molar-refractivity contribution is 7.89. The van der Waals surface area contributed by atoms with Crippen molar-refractivity contribution in [2.75, 3.05) is 31.7 Å². The van der Waals surface area contributed by atoms with Crippen molar-refractivity contribution in [3.05, 3.63) is 76.1 Å².